The normalized spacial score (nSPS) is 10.3. The number of hydrogen-bond acceptors (Lipinski definition) is 2. The SMILES string of the molecule is Cc1ccc(CNC(=O)c2ccc(CN)cc2)c(C)c1. The van der Waals surface area contributed by atoms with Gasteiger partial charge in [-0.05, 0) is 42.7 Å². The molecule has 20 heavy (non-hydrogen) atoms. The third-order valence-electron chi connectivity index (χ3n) is 3.39. The highest BCUT2D eigenvalue weighted by molar-refractivity contribution is 5.94. The summed E-state index contributed by atoms with van der Waals surface area (Å²) in [6.07, 6.45) is 0. The minimum Gasteiger partial charge on any atom is -0.348 e. The van der Waals surface area contributed by atoms with Crippen LogP contribution in [-0.4, -0.2) is 5.91 Å². The first-order valence-corrected chi connectivity index (χ1v) is 6.73. The zero-order valence-corrected chi connectivity index (χ0v) is 11.9. The van der Waals surface area contributed by atoms with Gasteiger partial charge in [0.05, 0.1) is 0 Å². The van der Waals surface area contributed by atoms with Crippen molar-refractivity contribution in [1.29, 1.82) is 0 Å². The van der Waals surface area contributed by atoms with Crippen molar-refractivity contribution in [3.63, 3.8) is 0 Å². The van der Waals surface area contributed by atoms with Crippen molar-refractivity contribution >= 4 is 5.91 Å². The second kappa shape index (κ2) is 6.35. The minimum absolute atomic E-state index is 0.0615. The van der Waals surface area contributed by atoms with Crippen LogP contribution in [0, 0.1) is 13.8 Å². The standard InChI is InChI=1S/C17H20N2O/c1-12-3-6-16(13(2)9-12)11-19-17(20)15-7-4-14(10-18)5-8-15/h3-9H,10-11,18H2,1-2H3,(H,19,20). The summed E-state index contributed by atoms with van der Waals surface area (Å²) in [4.78, 5) is 12.1. The van der Waals surface area contributed by atoms with Gasteiger partial charge in [0.15, 0.2) is 0 Å². The molecular weight excluding hydrogens is 248 g/mol. The van der Waals surface area contributed by atoms with E-state index in [1.165, 1.54) is 11.1 Å². The summed E-state index contributed by atoms with van der Waals surface area (Å²) >= 11 is 0. The van der Waals surface area contributed by atoms with E-state index < -0.39 is 0 Å². The number of rotatable bonds is 4. The lowest BCUT2D eigenvalue weighted by molar-refractivity contribution is 0.0951. The molecule has 2 aromatic rings. The van der Waals surface area contributed by atoms with Crippen LogP contribution in [0.2, 0.25) is 0 Å². The fraction of sp³-hybridized carbons (Fsp3) is 0.235. The molecule has 0 bridgehead atoms. The first kappa shape index (κ1) is 14.3. The molecule has 0 atom stereocenters. The van der Waals surface area contributed by atoms with Crippen molar-refractivity contribution in [2.45, 2.75) is 26.9 Å². The molecule has 0 spiro atoms. The van der Waals surface area contributed by atoms with Crippen molar-refractivity contribution < 1.29 is 4.79 Å². The van der Waals surface area contributed by atoms with Crippen molar-refractivity contribution in [2.24, 2.45) is 5.73 Å². The number of nitrogens with two attached hydrogens (primary N) is 1. The Morgan fingerprint density at radius 1 is 1.10 bits per heavy atom. The van der Waals surface area contributed by atoms with Crippen molar-refractivity contribution in [3.8, 4) is 0 Å². The number of nitrogens with one attached hydrogen (secondary N) is 1. The Hall–Kier alpha value is -2.13. The van der Waals surface area contributed by atoms with E-state index in [1.54, 1.807) is 12.1 Å². The largest absolute Gasteiger partial charge is 0.348 e. The summed E-state index contributed by atoms with van der Waals surface area (Å²) in [6.45, 7) is 5.16. The van der Waals surface area contributed by atoms with E-state index >= 15 is 0 Å². The van der Waals surface area contributed by atoms with E-state index in [0.29, 0.717) is 18.7 Å². The topological polar surface area (TPSA) is 55.1 Å². The van der Waals surface area contributed by atoms with Gasteiger partial charge in [0.2, 0.25) is 0 Å². The quantitative estimate of drug-likeness (QED) is 0.895. The van der Waals surface area contributed by atoms with Crippen molar-refractivity contribution in [1.82, 2.24) is 5.32 Å². The molecule has 2 aromatic carbocycles. The Morgan fingerprint density at radius 2 is 1.80 bits per heavy atom. The van der Waals surface area contributed by atoms with Gasteiger partial charge < -0.3 is 11.1 Å². The molecule has 0 aliphatic carbocycles. The van der Waals surface area contributed by atoms with Gasteiger partial charge in [-0.25, -0.2) is 0 Å². The summed E-state index contributed by atoms with van der Waals surface area (Å²) in [5.41, 5.74) is 10.8. The third-order valence-corrected chi connectivity index (χ3v) is 3.39. The lowest BCUT2D eigenvalue weighted by Crippen LogP contribution is -2.23. The molecule has 104 valence electrons. The molecule has 0 unspecified atom stereocenters. The zero-order chi connectivity index (χ0) is 14.5. The Bertz CT molecular complexity index is 603. The molecule has 2 rings (SSSR count). The van der Waals surface area contributed by atoms with Crippen LogP contribution in [0.4, 0.5) is 0 Å². The molecular formula is C17H20N2O. The second-order valence-electron chi connectivity index (χ2n) is 5.01. The van der Waals surface area contributed by atoms with E-state index in [9.17, 15) is 4.79 Å². The Balaban J connectivity index is 2.00. The Morgan fingerprint density at radius 3 is 2.40 bits per heavy atom. The van der Waals surface area contributed by atoms with Gasteiger partial charge in [0.1, 0.15) is 0 Å². The van der Waals surface area contributed by atoms with Crippen LogP contribution in [0.3, 0.4) is 0 Å². The van der Waals surface area contributed by atoms with Crippen molar-refractivity contribution in [3.05, 3.63) is 70.3 Å². The summed E-state index contributed by atoms with van der Waals surface area (Å²) in [6, 6.07) is 13.6. The Kier molecular flexibility index (Phi) is 4.53. The lowest BCUT2D eigenvalue weighted by Gasteiger charge is -2.09. The van der Waals surface area contributed by atoms with Crippen molar-refractivity contribution in [2.75, 3.05) is 0 Å². The molecule has 0 aromatic heterocycles. The molecule has 1 amide bonds. The summed E-state index contributed by atoms with van der Waals surface area (Å²) in [7, 11) is 0. The maximum atomic E-state index is 12.1. The van der Waals surface area contributed by atoms with Crippen LogP contribution in [-0.2, 0) is 13.1 Å². The van der Waals surface area contributed by atoms with Gasteiger partial charge >= 0.3 is 0 Å². The molecule has 0 saturated carbocycles. The smallest absolute Gasteiger partial charge is 0.251 e. The highest BCUT2D eigenvalue weighted by atomic mass is 16.1. The number of benzene rings is 2. The molecule has 0 radical (unpaired) electrons. The molecule has 3 nitrogen and oxygen atoms in total. The van der Waals surface area contributed by atoms with Gasteiger partial charge in [-0.2, -0.15) is 0 Å². The summed E-state index contributed by atoms with van der Waals surface area (Å²) < 4.78 is 0. The zero-order valence-electron chi connectivity index (χ0n) is 11.9. The first-order chi connectivity index (χ1) is 9.60. The molecule has 3 heteroatoms. The molecule has 0 aliphatic heterocycles. The minimum atomic E-state index is -0.0615. The van der Waals surface area contributed by atoms with Crippen LogP contribution in [0.25, 0.3) is 0 Å². The van der Waals surface area contributed by atoms with E-state index in [0.717, 1.165) is 11.1 Å². The fourth-order valence-electron chi connectivity index (χ4n) is 2.11. The van der Waals surface area contributed by atoms with Crippen LogP contribution in [0.1, 0.15) is 32.6 Å². The van der Waals surface area contributed by atoms with Gasteiger partial charge in [-0.1, -0.05) is 35.9 Å². The van der Waals surface area contributed by atoms with Crippen LogP contribution in [0.5, 0.6) is 0 Å². The highest BCUT2D eigenvalue weighted by Crippen LogP contribution is 2.10. The van der Waals surface area contributed by atoms with E-state index in [2.05, 4.69) is 37.4 Å². The van der Waals surface area contributed by atoms with E-state index in [1.807, 2.05) is 12.1 Å². The van der Waals surface area contributed by atoms with Crippen LogP contribution < -0.4 is 11.1 Å². The van der Waals surface area contributed by atoms with E-state index in [4.69, 9.17) is 5.73 Å². The predicted octanol–water partition coefficient (Wildman–Crippen LogP) is 2.69. The summed E-state index contributed by atoms with van der Waals surface area (Å²) in [5.74, 6) is -0.0615. The van der Waals surface area contributed by atoms with Gasteiger partial charge in [0.25, 0.3) is 5.91 Å². The van der Waals surface area contributed by atoms with Crippen LogP contribution >= 0.6 is 0 Å². The first-order valence-electron chi connectivity index (χ1n) is 6.73. The molecule has 0 saturated heterocycles. The average Bonchev–Trinajstić information content (AvgIpc) is 2.46. The number of carbonyl (C=O) groups excluding carboxylic acids is 1. The van der Waals surface area contributed by atoms with E-state index in [-0.39, 0.29) is 5.91 Å². The fourth-order valence-corrected chi connectivity index (χ4v) is 2.11. The summed E-state index contributed by atoms with van der Waals surface area (Å²) in [5, 5.41) is 2.94. The number of amides is 1. The average molecular weight is 268 g/mol. The van der Waals surface area contributed by atoms with Crippen LogP contribution in [0.15, 0.2) is 42.5 Å². The third kappa shape index (κ3) is 3.45. The highest BCUT2D eigenvalue weighted by Gasteiger charge is 2.06. The molecule has 0 fully saturated rings. The van der Waals surface area contributed by atoms with Gasteiger partial charge in [-0.3, -0.25) is 4.79 Å². The van der Waals surface area contributed by atoms with Gasteiger partial charge in [-0.15, -0.1) is 0 Å². The molecule has 0 heterocycles. The second-order valence-corrected chi connectivity index (χ2v) is 5.01. The number of aryl methyl sites for hydroxylation is 2. The lowest BCUT2D eigenvalue weighted by atomic mass is 10.1. The number of carbonyl (C=O) groups is 1. The number of hydrogen-bond donors (Lipinski definition) is 2. The maximum Gasteiger partial charge on any atom is 0.251 e. The maximum absolute atomic E-state index is 12.1. The Labute approximate surface area is 119 Å². The monoisotopic (exact) mass is 268 g/mol. The molecule has 3 N–H and O–H groups in total. The predicted molar refractivity (Wildman–Crippen MR) is 81.4 cm³/mol. The molecule has 0 aliphatic rings. The van der Waals surface area contributed by atoms with Gasteiger partial charge in [0, 0.05) is 18.7 Å².